The molecule has 2 rings (SSSR count). The van der Waals surface area contributed by atoms with Crippen molar-refractivity contribution in [3.05, 3.63) is 17.9 Å². The first-order chi connectivity index (χ1) is 8.51. The van der Waals surface area contributed by atoms with Crippen molar-refractivity contribution in [3.8, 4) is 0 Å². The first-order valence-corrected chi connectivity index (χ1v) is 7.39. The number of sulfonamides is 1. The fraction of sp³-hybridized carbons (Fsp3) is 0.636. The molecule has 1 aromatic rings. The highest BCUT2D eigenvalue weighted by molar-refractivity contribution is 7.89. The van der Waals surface area contributed by atoms with E-state index >= 15 is 0 Å². The Morgan fingerprint density at radius 1 is 1.44 bits per heavy atom. The molecule has 4 N–H and O–H groups in total. The molecule has 1 aromatic heterocycles. The summed E-state index contributed by atoms with van der Waals surface area (Å²) in [6, 6.07) is 2.95. The van der Waals surface area contributed by atoms with E-state index in [9.17, 15) is 8.42 Å². The van der Waals surface area contributed by atoms with Gasteiger partial charge < -0.3 is 15.3 Å². The lowest BCUT2D eigenvalue weighted by Gasteiger charge is -2.13. The van der Waals surface area contributed by atoms with Crippen molar-refractivity contribution < 1.29 is 17.9 Å². The highest BCUT2D eigenvalue weighted by atomic mass is 32.2. The average Bonchev–Trinajstić information content (AvgIpc) is 2.93. The van der Waals surface area contributed by atoms with Crippen LogP contribution in [0.25, 0.3) is 0 Å². The van der Waals surface area contributed by atoms with Crippen molar-refractivity contribution >= 4 is 10.0 Å². The minimum atomic E-state index is -3.61. The van der Waals surface area contributed by atoms with Crippen molar-refractivity contribution in [1.82, 2.24) is 4.72 Å². The molecule has 6 nitrogen and oxygen atoms in total. The second-order valence-corrected chi connectivity index (χ2v) is 6.42. The van der Waals surface area contributed by atoms with Crippen molar-refractivity contribution in [2.75, 3.05) is 13.2 Å². The summed E-state index contributed by atoms with van der Waals surface area (Å²) < 4.78 is 31.5. The molecule has 1 saturated carbocycles. The number of nitrogens with one attached hydrogen (secondary N) is 1. The van der Waals surface area contributed by atoms with Gasteiger partial charge in [0.25, 0.3) is 10.0 Å². The molecule has 1 aliphatic rings. The van der Waals surface area contributed by atoms with Gasteiger partial charge in [0.1, 0.15) is 5.76 Å². The molecule has 0 unspecified atom stereocenters. The standard InChI is InChI=1S/C11H18N2O4S/c12-7-9-1-2-10(17-9)18(15,16)13-8-11(3-4-11)5-6-14/h1-2,13-14H,3-8,12H2. The van der Waals surface area contributed by atoms with Crippen molar-refractivity contribution in [2.24, 2.45) is 11.1 Å². The first-order valence-electron chi connectivity index (χ1n) is 5.91. The summed E-state index contributed by atoms with van der Waals surface area (Å²) in [5.74, 6) is 0.437. The molecule has 1 fully saturated rings. The Morgan fingerprint density at radius 2 is 2.17 bits per heavy atom. The smallest absolute Gasteiger partial charge is 0.273 e. The van der Waals surface area contributed by atoms with E-state index in [1.807, 2.05) is 0 Å². The number of aliphatic hydroxyl groups is 1. The molecule has 0 aromatic carbocycles. The van der Waals surface area contributed by atoms with E-state index < -0.39 is 10.0 Å². The summed E-state index contributed by atoms with van der Waals surface area (Å²) in [5.41, 5.74) is 5.30. The van der Waals surface area contributed by atoms with E-state index in [1.54, 1.807) is 6.07 Å². The number of rotatable bonds is 7. The SMILES string of the molecule is NCc1ccc(S(=O)(=O)NCC2(CCO)CC2)o1. The molecule has 0 amide bonds. The number of hydrogen-bond donors (Lipinski definition) is 3. The number of nitrogens with two attached hydrogens (primary N) is 1. The van der Waals surface area contributed by atoms with Crippen LogP contribution in [-0.4, -0.2) is 26.7 Å². The van der Waals surface area contributed by atoms with Crippen LogP contribution in [0.4, 0.5) is 0 Å². The van der Waals surface area contributed by atoms with Crippen LogP contribution >= 0.6 is 0 Å². The Bertz CT molecular complexity index is 505. The highest BCUT2D eigenvalue weighted by Gasteiger charge is 2.42. The van der Waals surface area contributed by atoms with Crippen LogP contribution in [0.15, 0.2) is 21.6 Å². The van der Waals surface area contributed by atoms with Gasteiger partial charge in [0.2, 0.25) is 5.09 Å². The van der Waals surface area contributed by atoms with Crippen molar-refractivity contribution in [3.63, 3.8) is 0 Å². The molecule has 0 bridgehead atoms. The lowest BCUT2D eigenvalue weighted by Crippen LogP contribution is -2.30. The molecule has 0 aliphatic heterocycles. The van der Waals surface area contributed by atoms with Crippen LogP contribution in [0.1, 0.15) is 25.0 Å². The molecule has 0 atom stereocenters. The Morgan fingerprint density at radius 3 is 2.67 bits per heavy atom. The largest absolute Gasteiger partial charge is 0.447 e. The summed E-state index contributed by atoms with van der Waals surface area (Å²) >= 11 is 0. The monoisotopic (exact) mass is 274 g/mol. The minimum Gasteiger partial charge on any atom is -0.447 e. The van der Waals surface area contributed by atoms with Crippen LogP contribution in [0.5, 0.6) is 0 Å². The predicted octanol–water partition coefficient (Wildman–Crippen LogP) is 0.179. The predicted molar refractivity (Wildman–Crippen MR) is 65.2 cm³/mol. The lowest BCUT2D eigenvalue weighted by atomic mass is 10.0. The highest BCUT2D eigenvalue weighted by Crippen LogP contribution is 2.48. The summed E-state index contributed by atoms with van der Waals surface area (Å²) in [4.78, 5) is 0. The quantitative estimate of drug-likeness (QED) is 0.657. The maximum Gasteiger partial charge on any atom is 0.273 e. The molecule has 0 spiro atoms. The number of hydrogen-bond acceptors (Lipinski definition) is 5. The minimum absolute atomic E-state index is 0.0644. The van der Waals surface area contributed by atoms with Gasteiger partial charge in [-0.2, -0.15) is 0 Å². The fourth-order valence-electron chi connectivity index (χ4n) is 1.86. The van der Waals surface area contributed by atoms with Crippen LogP contribution in [-0.2, 0) is 16.6 Å². The van der Waals surface area contributed by atoms with Gasteiger partial charge in [0.15, 0.2) is 0 Å². The average molecular weight is 274 g/mol. The van der Waals surface area contributed by atoms with Gasteiger partial charge in [0.05, 0.1) is 6.54 Å². The molecule has 102 valence electrons. The lowest BCUT2D eigenvalue weighted by molar-refractivity contribution is 0.249. The summed E-state index contributed by atoms with van der Waals surface area (Å²) in [7, 11) is -3.61. The van der Waals surface area contributed by atoms with Gasteiger partial charge in [-0.1, -0.05) is 0 Å². The van der Waals surface area contributed by atoms with Crippen LogP contribution in [0, 0.1) is 5.41 Å². The third-order valence-corrected chi connectivity index (χ3v) is 4.61. The summed E-state index contributed by atoms with van der Waals surface area (Å²) in [5, 5.41) is 8.81. The Labute approximate surface area is 106 Å². The van der Waals surface area contributed by atoms with E-state index in [0.717, 1.165) is 12.8 Å². The Kier molecular flexibility index (Phi) is 3.76. The molecule has 1 heterocycles. The zero-order chi connectivity index (χ0) is 13.2. The maximum atomic E-state index is 11.9. The molecule has 0 saturated heterocycles. The summed E-state index contributed by atoms with van der Waals surface area (Å²) in [6.45, 7) is 0.596. The zero-order valence-electron chi connectivity index (χ0n) is 10.1. The van der Waals surface area contributed by atoms with Gasteiger partial charge >= 0.3 is 0 Å². The zero-order valence-corrected chi connectivity index (χ0v) is 10.9. The molecule has 7 heteroatoms. The van der Waals surface area contributed by atoms with Gasteiger partial charge in [-0.05, 0) is 36.8 Å². The first kappa shape index (κ1) is 13.5. The van der Waals surface area contributed by atoms with Gasteiger partial charge in [-0.25, -0.2) is 13.1 Å². The van der Waals surface area contributed by atoms with E-state index in [1.165, 1.54) is 6.07 Å². The Balaban J connectivity index is 1.99. The van der Waals surface area contributed by atoms with Crippen LogP contribution in [0.3, 0.4) is 0 Å². The van der Waals surface area contributed by atoms with E-state index in [4.69, 9.17) is 15.3 Å². The second-order valence-electron chi connectivity index (χ2n) is 4.72. The fourth-order valence-corrected chi connectivity index (χ4v) is 2.96. The van der Waals surface area contributed by atoms with Crippen LogP contribution < -0.4 is 10.5 Å². The molecule has 0 radical (unpaired) electrons. The van der Waals surface area contributed by atoms with Crippen LogP contribution in [0.2, 0.25) is 0 Å². The third-order valence-electron chi connectivity index (χ3n) is 3.34. The van der Waals surface area contributed by atoms with Gasteiger partial charge in [-0.15, -0.1) is 0 Å². The third kappa shape index (κ3) is 2.92. The number of furan rings is 1. The maximum absolute atomic E-state index is 11.9. The van der Waals surface area contributed by atoms with Gasteiger partial charge in [0, 0.05) is 13.2 Å². The molecule has 1 aliphatic carbocycles. The van der Waals surface area contributed by atoms with Crippen molar-refractivity contribution in [2.45, 2.75) is 30.9 Å². The normalized spacial score (nSPS) is 17.9. The van der Waals surface area contributed by atoms with Crippen molar-refractivity contribution in [1.29, 1.82) is 0 Å². The van der Waals surface area contributed by atoms with Gasteiger partial charge in [-0.3, -0.25) is 0 Å². The molecular formula is C11H18N2O4S. The number of aliphatic hydroxyl groups excluding tert-OH is 1. The van der Waals surface area contributed by atoms with E-state index in [2.05, 4.69) is 4.72 Å². The van der Waals surface area contributed by atoms with E-state index in [0.29, 0.717) is 18.7 Å². The molecular weight excluding hydrogens is 256 g/mol. The Hall–Kier alpha value is -0.890. The summed E-state index contributed by atoms with van der Waals surface area (Å²) in [6.07, 6.45) is 2.52. The molecule has 18 heavy (non-hydrogen) atoms. The topological polar surface area (TPSA) is 106 Å². The van der Waals surface area contributed by atoms with E-state index in [-0.39, 0.29) is 23.7 Å². The second kappa shape index (κ2) is 5.00.